The van der Waals surface area contributed by atoms with E-state index in [0.717, 1.165) is 0 Å². The van der Waals surface area contributed by atoms with Crippen LogP contribution in [-0.4, -0.2) is 20.0 Å². The monoisotopic (exact) mass is 248 g/mol. The van der Waals surface area contributed by atoms with Crippen molar-refractivity contribution in [2.24, 2.45) is 0 Å². The fourth-order valence-electron chi connectivity index (χ4n) is 1.69. The second-order valence-corrected chi connectivity index (χ2v) is 3.75. The first kappa shape index (κ1) is 12.2. The van der Waals surface area contributed by atoms with Crippen LogP contribution in [0.1, 0.15) is 17.3 Å². The van der Waals surface area contributed by atoms with Crippen LogP contribution in [0, 0.1) is 0 Å². The molecule has 0 atom stereocenters. The zero-order valence-electron chi connectivity index (χ0n) is 10.3. The van der Waals surface area contributed by atoms with Crippen molar-refractivity contribution in [1.29, 1.82) is 0 Å². The molecule has 94 valence electrons. The number of benzene rings is 1. The van der Waals surface area contributed by atoms with Gasteiger partial charge >= 0.3 is 5.63 Å². The van der Waals surface area contributed by atoms with E-state index in [1.165, 1.54) is 27.2 Å². The van der Waals surface area contributed by atoms with Gasteiger partial charge in [0.15, 0.2) is 17.3 Å². The summed E-state index contributed by atoms with van der Waals surface area (Å²) in [6.45, 7) is 1.32. The Morgan fingerprint density at radius 3 is 2.28 bits per heavy atom. The molecule has 2 aromatic rings. The Balaban J connectivity index is 2.78. The maximum absolute atomic E-state index is 11.6. The highest BCUT2D eigenvalue weighted by molar-refractivity contribution is 5.96. The summed E-state index contributed by atoms with van der Waals surface area (Å²) < 4.78 is 15.3. The smallest absolute Gasteiger partial charge is 0.347 e. The van der Waals surface area contributed by atoms with E-state index in [4.69, 9.17) is 13.9 Å². The summed E-state index contributed by atoms with van der Waals surface area (Å²) in [6, 6.07) is 4.70. The summed E-state index contributed by atoms with van der Waals surface area (Å²) in [5.74, 6) is 0.637. The van der Waals surface area contributed by atoms with E-state index in [1.807, 2.05) is 0 Å². The van der Waals surface area contributed by atoms with E-state index in [1.54, 1.807) is 12.1 Å². The predicted octanol–water partition coefficient (Wildman–Crippen LogP) is 2.01. The van der Waals surface area contributed by atoms with Crippen LogP contribution < -0.4 is 15.1 Å². The standard InChI is InChI=1S/C13H12O5/c1-7(14)9-4-8-5-11(16-2)12(17-3)6-10(8)18-13(9)15/h4-6H,1-3H3. The minimum absolute atomic E-state index is 0.0229. The number of rotatable bonds is 3. The Hall–Kier alpha value is -2.30. The molecule has 0 spiro atoms. The Bertz CT molecular complexity index is 669. The van der Waals surface area contributed by atoms with Crippen molar-refractivity contribution in [3.05, 3.63) is 34.2 Å². The molecular formula is C13H12O5. The normalized spacial score (nSPS) is 10.4. The number of carbonyl (C=O) groups is 1. The molecule has 2 rings (SSSR count). The molecule has 0 radical (unpaired) electrons. The van der Waals surface area contributed by atoms with Gasteiger partial charge in [0, 0.05) is 11.5 Å². The number of ether oxygens (including phenoxy) is 2. The molecule has 5 nitrogen and oxygen atoms in total. The molecule has 0 aliphatic carbocycles. The first-order valence-electron chi connectivity index (χ1n) is 5.27. The van der Waals surface area contributed by atoms with Gasteiger partial charge in [-0.2, -0.15) is 0 Å². The number of fused-ring (bicyclic) bond motifs is 1. The molecule has 0 saturated carbocycles. The lowest BCUT2D eigenvalue weighted by atomic mass is 10.1. The quantitative estimate of drug-likeness (QED) is 0.614. The van der Waals surface area contributed by atoms with Gasteiger partial charge in [-0.15, -0.1) is 0 Å². The van der Waals surface area contributed by atoms with E-state index >= 15 is 0 Å². The van der Waals surface area contributed by atoms with Crippen LogP contribution in [0.25, 0.3) is 11.0 Å². The number of ketones is 1. The number of hydrogen-bond acceptors (Lipinski definition) is 5. The summed E-state index contributed by atoms with van der Waals surface area (Å²) in [7, 11) is 3.00. The summed E-state index contributed by atoms with van der Waals surface area (Å²) in [5.41, 5.74) is -0.278. The highest BCUT2D eigenvalue weighted by atomic mass is 16.5. The van der Waals surface area contributed by atoms with Gasteiger partial charge in [0.1, 0.15) is 11.1 Å². The van der Waals surface area contributed by atoms with Gasteiger partial charge in [0.25, 0.3) is 0 Å². The molecule has 18 heavy (non-hydrogen) atoms. The SMILES string of the molecule is COc1cc2cc(C(C)=O)c(=O)oc2cc1OC. The molecule has 0 aliphatic rings. The number of carbonyl (C=O) groups excluding carboxylic acids is 1. The largest absolute Gasteiger partial charge is 0.493 e. The second-order valence-electron chi connectivity index (χ2n) is 3.75. The third-order valence-electron chi connectivity index (χ3n) is 2.62. The van der Waals surface area contributed by atoms with Crippen molar-refractivity contribution in [3.63, 3.8) is 0 Å². The first-order valence-corrected chi connectivity index (χ1v) is 5.27. The van der Waals surface area contributed by atoms with Crippen molar-refractivity contribution in [2.45, 2.75) is 6.92 Å². The van der Waals surface area contributed by atoms with Crippen LogP contribution in [-0.2, 0) is 0 Å². The van der Waals surface area contributed by atoms with Gasteiger partial charge in [-0.3, -0.25) is 4.79 Å². The summed E-state index contributed by atoms with van der Waals surface area (Å²) in [5, 5.41) is 0.609. The first-order chi connectivity index (χ1) is 8.56. The van der Waals surface area contributed by atoms with Crippen LogP contribution in [0.5, 0.6) is 11.5 Å². The number of Topliss-reactive ketones (excluding diaryl/α,β-unsaturated/α-hetero) is 1. The fraction of sp³-hybridized carbons (Fsp3) is 0.231. The summed E-state index contributed by atoms with van der Waals surface area (Å²) >= 11 is 0. The van der Waals surface area contributed by atoms with Gasteiger partial charge < -0.3 is 13.9 Å². The van der Waals surface area contributed by atoms with Gasteiger partial charge in [0.05, 0.1) is 14.2 Å². The number of hydrogen-bond donors (Lipinski definition) is 0. The third kappa shape index (κ3) is 1.95. The zero-order chi connectivity index (χ0) is 13.3. The molecule has 0 fully saturated rings. The molecule has 0 aliphatic heterocycles. The highest BCUT2D eigenvalue weighted by Crippen LogP contribution is 2.31. The van der Waals surface area contributed by atoms with Crippen LogP contribution in [0.15, 0.2) is 27.4 Å². The minimum atomic E-state index is -0.651. The fourth-order valence-corrected chi connectivity index (χ4v) is 1.69. The zero-order valence-corrected chi connectivity index (χ0v) is 10.3. The molecule has 0 unspecified atom stereocenters. The van der Waals surface area contributed by atoms with Crippen molar-refractivity contribution in [1.82, 2.24) is 0 Å². The molecule has 0 saturated heterocycles. The van der Waals surface area contributed by atoms with Crippen LogP contribution >= 0.6 is 0 Å². The molecule has 5 heteroatoms. The molecule has 0 bridgehead atoms. The van der Waals surface area contributed by atoms with Gasteiger partial charge in [-0.1, -0.05) is 0 Å². The Kier molecular flexibility index (Phi) is 3.06. The average molecular weight is 248 g/mol. The molecule has 1 aromatic carbocycles. The Morgan fingerprint density at radius 2 is 1.72 bits per heavy atom. The lowest BCUT2D eigenvalue weighted by Crippen LogP contribution is -2.11. The van der Waals surface area contributed by atoms with Crippen molar-refractivity contribution < 1.29 is 18.7 Å². The van der Waals surface area contributed by atoms with Gasteiger partial charge in [-0.05, 0) is 19.1 Å². The van der Waals surface area contributed by atoms with Crippen molar-refractivity contribution in [2.75, 3.05) is 14.2 Å². The summed E-state index contributed by atoms with van der Waals surface area (Å²) in [6.07, 6.45) is 0. The molecule has 0 amide bonds. The highest BCUT2D eigenvalue weighted by Gasteiger charge is 2.12. The maximum atomic E-state index is 11.6. The molecular weight excluding hydrogens is 236 g/mol. The lowest BCUT2D eigenvalue weighted by molar-refractivity contribution is 0.101. The summed E-state index contributed by atoms with van der Waals surface area (Å²) in [4.78, 5) is 22.8. The van der Waals surface area contributed by atoms with Crippen LogP contribution in [0.2, 0.25) is 0 Å². The molecule has 1 aromatic heterocycles. The van der Waals surface area contributed by atoms with Gasteiger partial charge in [-0.25, -0.2) is 4.79 Å². The van der Waals surface area contributed by atoms with Gasteiger partial charge in [0.2, 0.25) is 0 Å². The van der Waals surface area contributed by atoms with E-state index in [-0.39, 0.29) is 11.3 Å². The van der Waals surface area contributed by atoms with E-state index in [9.17, 15) is 9.59 Å². The van der Waals surface area contributed by atoms with E-state index in [2.05, 4.69) is 0 Å². The lowest BCUT2D eigenvalue weighted by Gasteiger charge is -2.08. The maximum Gasteiger partial charge on any atom is 0.347 e. The average Bonchev–Trinajstić information content (AvgIpc) is 2.36. The molecule has 0 N–H and O–H groups in total. The minimum Gasteiger partial charge on any atom is -0.493 e. The topological polar surface area (TPSA) is 65.7 Å². The Morgan fingerprint density at radius 1 is 1.11 bits per heavy atom. The third-order valence-corrected chi connectivity index (χ3v) is 2.62. The van der Waals surface area contributed by atoms with Crippen molar-refractivity contribution in [3.8, 4) is 11.5 Å². The molecule has 1 heterocycles. The van der Waals surface area contributed by atoms with E-state index < -0.39 is 5.63 Å². The van der Waals surface area contributed by atoms with Crippen LogP contribution in [0.3, 0.4) is 0 Å². The second kappa shape index (κ2) is 4.52. The van der Waals surface area contributed by atoms with Crippen molar-refractivity contribution >= 4 is 16.8 Å². The predicted molar refractivity (Wildman–Crippen MR) is 65.6 cm³/mol. The van der Waals surface area contributed by atoms with E-state index in [0.29, 0.717) is 22.5 Å². The number of methoxy groups -OCH3 is 2. The van der Waals surface area contributed by atoms with Crippen LogP contribution in [0.4, 0.5) is 0 Å². The Labute approximate surface area is 103 Å².